The number of hydrogen-bond acceptors (Lipinski definition) is 5. The molecule has 0 saturated heterocycles. The van der Waals surface area contributed by atoms with Crippen LogP contribution in [-0.2, 0) is 22.7 Å². The summed E-state index contributed by atoms with van der Waals surface area (Å²) in [5.74, 6) is 0.250. The van der Waals surface area contributed by atoms with Crippen LogP contribution in [-0.4, -0.2) is 48.4 Å². The Hall–Kier alpha value is -3.30. The smallest absolute Gasteiger partial charge is 0.216 e. The summed E-state index contributed by atoms with van der Waals surface area (Å²) >= 11 is 3.38. The van der Waals surface area contributed by atoms with Crippen molar-refractivity contribution >= 4 is 28.2 Å². The Kier molecular flexibility index (Phi) is 13.9. The molecule has 0 bridgehead atoms. The van der Waals surface area contributed by atoms with Gasteiger partial charge in [-0.15, -0.1) is 0 Å². The van der Waals surface area contributed by atoms with Crippen LogP contribution in [0.1, 0.15) is 30.0 Å². The summed E-state index contributed by atoms with van der Waals surface area (Å²) in [5.41, 5.74) is 2.95. The van der Waals surface area contributed by atoms with Crippen molar-refractivity contribution in [2.45, 2.75) is 33.4 Å². The van der Waals surface area contributed by atoms with Crippen LogP contribution in [0.3, 0.4) is 0 Å². The number of aromatic nitrogens is 1. The number of pyridine rings is 1. The van der Waals surface area contributed by atoms with Crippen molar-refractivity contribution in [1.82, 2.24) is 20.5 Å². The van der Waals surface area contributed by atoms with Crippen LogP contribution in [0, 0.1) is 12.7 Å². The third-order valence-corrected chi connectivity index (χ3v) is 5.84. The largest absolute Gasteiger partial charge is 0.489 e. The van der Waals surface area contributed by atoms with Gasteiger partial charge in [0.15, 0.2) is 0 Å². The molecule has 0 aliphatic rings. The van der Waals surface area contributed by atoms with Gasteiger partial charge in [0.1, 0.15) is 18.2 Å². The Labute approximate surface area is 226 Å². The maximum absolute atomic E-state index is 13.1. The zero-order chi connectivity index (χ0) is 26.9. The number of carbonyl (C=O) groups is 2. The summed E-state index contributed by atoms with van der Waals surface area (Å²) in [7, 11) is 0. The second-order valence-corrected chi connectivity index (χ2v) is 9.22. The minimum atomic E-state index is -0.284. The van der Waals surface area contributed by atoms with Gasteiger partial charge in [0, 0.05) is 61.6 Å². The molecule has 1 heterocycles. The predicted octanol–water partition coefficient (Wildman–Crippen LogP) is 4.63. The third kappa shape index (κ3) is 13.0. The molecule has 0 fully saturated rings. The quantitative estimate of drug-likeness (QED) is 0.230. The van der Waals surface area contributed by atoms with Crippen molar-refractivity contribution in [1.29, 1.82) is 0 Å². The highest BCUT2D eigenvalue weighted by Gasteiger charge is 2.03. The molecule has 37 heavy (non-hydrogen) atoms. The highest BCUT2D eigenvalue weighted by Crippen LogP contribution is 2.20. The first-order chi connectivity index (χ1) is 17.9. The van der Waals surface area contributed by atoms with Gasteiger partial charge in [-0.25, -0.2) is 4.39 Å². The third-order valence-electron chi connectivity index (χ3n) is 5.12. The molecule has 0 saturated carbocycles. The second kappa shape index (κ2) is 17.2. The number of nitrogens with one attached hydrogen (secondary N) is 2. The number of aryl methyl sites for hydroxylation is 1. The van der Waals surface area contributed by atoms with Gasteiger partial charge in [0.25, 0.3) is 0 Å². The van der Waals surface area contributed by atoms with Crippen LogP contribution >= 0.6 is 15.9 Å². The lowest BCUT2D eigenvalue weighted by Gasteiger charge is -2.17. The molecule has 2 amide bonds. The molecule has 3 rings (SSSR count). The van der Waals surface area contributed by atoms with Gasteiger partial charge >= 0.3 is 0 Å². The lowest BCUT2D eigenvalue weighted by molar-refractivity contribution is -0.119. The highest BCUT2D eigenvalue weighted by atomic mass is 79.9. The Morgan fingerprint density at radius 2 is 1.92 bits per heavy atom. The van der Waals surface area contributed by atoms with E-state index in [-0.39, 0.29) is 11.7 Å². The molecule has 0 aliphatic heterocycles. The molecule has 0 unspecified atom stereocenters. The average Bonchev–Trinajstić information content (AvgIpc) is 2.87. The SMILES string of the molecule is CC(=O)NCCCNCCN(C=O)Cc1ccccc1.Cc1cc(F)cc(OCc2ccncc2Br)c1. The molecule has 2 N–H and O–H groups in total. The van der Waals surface area contributed by atoms with E-state index in [1.54, 1.807) is 23.4 Å². The zero-order valence-corrected chi connectivity index (χ0v) is 22.8. The molecule has 198 valence electrons. The van der Waals surface area contributed by atoms with Crippen LogP contribution < -0.4 is 15.4 Å². The van der Waals surface area contributed by atoms with Gasteiger partial charge in [-0.1, -0.05) is 30.3 Å². The van der Waals surface area contributed by atoms with E-state index >= 15 is 0 Å². The van der Waals surface area contributed by atoms with Gasteiger partial charge in [0.05, 0.1) is 0 Å². The van der Waals surface area contributed by atoms with E-state index in [0.717, 1.165) is 47.1 Å². The van der Waals surface area contributed by atoms with Crippen LogP contribution in [0.5, 0.6) is 5.75 Å². The number of rotatable bonds is 13. The van der Waals surface area contributed by atoms with Crippen LogP contribution in [0.25, 0.3) is 0 Å². The van der Waals surface area contributed by atoms with Crippen molar-refractivity contribution in [2.75, 3.05) is 26.2 Å². The Balaban J connectivity index is 0.000000263. The van der Waals surface area contributed by atoms with Crippen LogP contribution in [0.4, 0.5) is 4.39 Å². The maximum Gasteiger partial charge on any atom is 0.216 e. The number of nitrogens with zero attached hydrogens (tertiary/aromatic N) is 2. The second-order valence-electron chi connectivity index (χ2n) is 8.37. The van der Waals surface area contributed by atoms with Gasteiger partial charge in [-0.2, -0.15) is 0 Å². The number of amides is 2. The minimum absolute atomic E-state index is 0.00000821. The molecule has 3 aromatic rings. The summed E-state index contributed by atoms with van der Waals surface area (Å²) in [6.45, 7) is 7.31. The Morgan fingerprint density at radius 1 is 1.14 bits per heavy atom. The first-order valence-electron chi connectivity index (χ1n) is 12.0. The monoisotopic (exact) mass is 572 g/mol. The number of halogens is 2. The molecule has 9 heteroatoms. The fourth-order valence-electron chi connectivity index (χ4n) is 3.28. The standard InChI is InChI=1S/C15H23N3O2.C13H11BrFNO/c1-14(20)17-9-5-8-16-10-11-18(13-19)12-15-6-3-2-4-7-15;1-9-4-11(15)6-12(5-9)17-8-10-2-3-16-7-13(10)14/h2-4,6-7,13,16H,5,8-12H2,1H3,(H,17,20);2-7H,8H2,1H3. The first-order valence-corrected chi connectivity index (χ1v) is 12.8. The fraction of sp³-hybridized carbons (Fsp3) is 0.321. The average molecular weight is 574 g/mol. The van der Waals surface area contributed by atoms with Gasteiger partial charge in [0.2, 0.25) is 12.3 Å². The van der Waals surface area contributed by atoms with E-state index in [0.29, 0.717) is 32.0 Å². The lowest BCUT2D eigenvalue weighted by Crippen LogP contribution is -2.32. The topological polar surface area (TPSA) is 83.6 Å². The molecule has 7 nitrogen and oxygen atoms in total. The number of ether oxygens (including phenoxy) is 1. The van der Waals surface area contributed by atoms with E-state index in [1.165, 1.54) is 19.1 Å². The zero-order valence-electron chi connectivity index (χ0n) is 21.3. The summed E-state index contributed by atoms with van der Waals surface area (Å²) < 4.78 is 19.6. The van der Waals surface area contributed by atoms with E-state index in [4.69, 9.17) is 4.74 Å². The van der Waals surface area contributed by atoms with Crippen molar-refractivity contribution in [3.8, 4) is 5.75 Å². The van der Waals surface area contributed by atoms with Gasteiger partial charge in [-0.05, 0) is 65.1 Å². The molecule has 0 spiro atoms. The summed E-state index contributed by atoms with van der Waals surface area (Å²) in [6, 6.07) is 16.4. The molecule has 1 aromatic heterocycles. The highest BCUT2D eigenvalue weighted by molar-refractivity contribution is 9.10. The van der Waals surface area contributed by atoms with E-state index in [1.807, 2.05) is 43.3 Å². The number of benzene rings is 2. The van der Waals surface area contributed by atoms with Crippen molar-refractivity contribution in [3.05, 3.63) is 94.0 Å². The van der Waals surface area contributed by atoms with Gasteiger partial charge < -0.3 is 20.3 Å². The van der Waals surface area contributed by atoms with Crippen molar-refractivity contribution in [3.63, 3.8) is 0 Å². The molecule has 2 aromatic carbocycles. The van der Waals surface area contributed by atoms with E-state index < -0.39 is 0 Å². The van der Waals surface area contributed by atoms with E-state index in [9.17, 15) is 14.0 Å². The van der Waals surface area contributed by atoms with Crippen LogP contribution in [0.15, 0.2) is 71.5 Å². The fourth-order valence-corrected chi connectivity index (χ4v) is 3.65. The van der Waals surface area contributed by atoms with Crippen molar-refractivity contribution in [2.24, 2.45) is 0 Å². The molecule has 0 atom stereocenters. The maximum atomic E-state index is 13.1. The normalized spacial score (nSPS) is 10.2. The molecule has 0 aliphatic carbocycles. The molecular formula is C28H34BrFN4O3. The van der Waals surface area contributed by atoms with Crippen molar-refractivity contribution < 1.29 is 18.7 Å². The Bertz CT molecular complexity index is 1080. The van der Waals surface area contributed by atoms with Gasteiger partial charge in [-0.3, -0.25) is 14.6 Å². The predicted molar refractivity (Wildman–Crippen MR) is 146 cm³/mol. The van der Waals surface area contributed by atoms with E-state index in [2.05, 4.69) is 31.5 Å². The summed E-state index contributed by atoms with van der Waals surface area (Å²) in [4.78, 5) is 27.4. The molecular weight excluding hydrogens is 539 g/mol. The first kappa shape index (κ1) is 29.9. The number of hydrogen-bond donors (Lipinski definition) is 2. The molecule has 0 radical (unpaired) electrons. The number of carbonyl (C=O) groups excluding carboxylic acids is 2. The minimum Gasteiger partial charge on any atom is -0.489 e. The lowest BCUT2D eigenvalue weighted by atomic mass is 10.2. The summed E-state index contributed by atoms with van der Waals surface area (Å²) in [6.07, 6.45) is 5.17. The Morgan fingerprint density at radius 3 is 2.59 bits per heavy atom. The van der Waals surface area contributed by atoms with Crippen LogP contribution in [0.2, 0.25) is 0 Å². The summed E-state index contributed by atoms with van der Waals surface area (Å²) in [5, 5.41) is 6.00.